The van der Waals surface area contributed by atoms with Gasteiger partial charge in [-0.25, -0.2) is 0 Å². The summed E-state index contributed by atoms with van der Waals surface area (Å²) in [5.74, 6) is 1.50. The summed E-state index contributed by atoms with van der Waals surface area (Å²) in [6, 6.07) is 5.44. The number of hydrogen-bond donors (Lipinski definition) is 0. The summed E-state index contributed by atoms with van der Waals surface area (Å²) < 4.78 is 16.9. The lowest BCUT2D eigenvalue weighted by atomic mass is 9.94. The molecule has 164 valence electrons. The van der Waals surface area contributed by atoms with Gasteiger partial charge in [0.15, 0.2) is 11.5 Å². The molecule has 0 aromatic heterocycles. The normalized spacial score (nSPS) is 21.0. The molecule has 0 spiro atoms. The number of hydrogen-bond acceptors (Lipinski definition) is 5. The van der Waals surface area contributed by atoms with Crippen LogP contribution in [0.2, 0.25) is 0 Å². The number of benzene rings is 1. The van der Waals surface area contributed by atoms with Crippen LogP contribution in [0.15, 0.2) is 18.2 Å². The predicted octanol–water partition coefficient (Wildman–Crippen LogP) is 2.73. The largest absolute Gasteiger partial charge is 0.493 e. The van der Waals surface area contributed by atoms with Crippen molar-refractivity contribution in [1.29, 1.82) is 0 Å². The van der Waals surface area contributed by atoms with Crippen molar-refractivity contribution in [3.05, 3.63) is 23.8 Å². The van der Waals surface area contributed by atoms with Crippen LogP contribution in [0.5, 0.6) is 11.5 Å². The molecule has 1 aromatic carbocycles. The monoisotopic (exact) mass is 416 g/mol. The molecule has 0 bridgehead atoms. The number of carbonyl (C=O) groups excluding carboxylic acids is 2. The fraction of sp³-hybridized carbons (Fsp3) is 0.652. The van der Waals surface area contributed by atoms with Gasteiger partial charge in [0, 0.05) is 37.7 Å². The zero-order chi connectivity index (χ0) is 20.9. The summed E-state index contributed by atoms with van der Waals surface area (Å²) in [7, 11) is 1.60. The molecule has 7 nitrogen and oxygen atoms in total. The van der Waals surface area contributed by atoms with E-state index in [1.54, 1.807) is 13.2 Å². The first-order chi connectivity index (χ1) is 14.7. The summed E-state index contributed by atoms with van der Waals surface area (Å²) in [5, 5.41) is 0. The second-order valence-corrected chi connectivity index (χ2v) is 8.39. The number of carbonyl (C=O) groups is 2. The summed E-state index contributed by atoms with van der Waals surface area (Å²) in [5.41, 5.74) is 0.601. The fourth-order valence-electron chi connectivity index (χ4n) is 4.64. The summed E-state index contributed by atoms with van der Waals surface area (Å²) in [6.07, 6.45) is 6.21. The molecule has 1 aromatic rings. The maximum absolute atomic E-state index is 13.0. The molecular formula is C23H32N2O5. The van der Waals surface area contributed by atoms with E-state index < -0.39 is 0 Å². The number of rotatable bonds is 5. The van der Waals surface area contributed by atoms with Crippen LogP contribution in [-0.4, -0.2) is 74.2 Å². The maximum atomic E-state index is 13.0. The molecule has 2 amide bonds. The van der Waals surface area contributed by atoms with Gasteiger partial charge in [-0.1, -0.05) is 0 Å². The molecule has 7 heteroatoms. The lowest BCUT2D eigenvalue weighted by molar-refractivity contribution is -0.141. The van der Waals surface area contributed by atoms with Gasteiger partial charge in [0.2, 0.25) is 5.91 Å². The average Bonchev–Trinajstić information content (AvgIpc) is 3.32. The van der Waals surface area contributed by atoms with Gasteiger partial charge in [-0.2, -0.15) is 0 Å². The molecule has 0 radical (unpaired) electrons. The van der Waals surface area contributed by atoms with Crippen molar-refractivity contribution in [1.82, 2.24) is 9.80 Å². The Labute approximate surface area is 178 Å². The quantitative estimate of drug-likeness (QED) is 0.738. The highest BCUT2D eigenvalue weighted by atomic mass is 16.5. The lowest BCUT2D eigenvalue weighted by Crippen LogP contribution is -2.47. The van der Waals surface area contributed by atoms with Crippen LogP contribution in [0, 0.1) is 5.92 Å². The molecule has 0 unspecified atom stereocenters. The van der Waals surface area contributed by atoms with E-state index in [4.69, 9.17) is 14.2 Å². The number of piperidine rings is 1. The Morgan fingerprint density at radius 3 is 2.30 bits per heavy atom. The van der Waals surface area contributed by atoms with Crippen molar-refractivity contribution < 1.29 is 23.8 Å². The smallest absolute Gasteiger partial charge is 0.253 e. The highest BCUT2D eigenvalue weighted by Crippen LogP contribution is 2.33. The van der Waals surface area contributed by atoms with Gasteiger partial charge >= 0.3 is 0 Å². The van der Waals surface area contributed by atoms with Crippen LogP contribution in [-0.2, 0) is 9.53 Å². The van der Waals surface area contributed by atoms with E-state index in [0.29, 0.717) is 69.3 Å². The molecule has 0 atom stereocenters. The second kappa shape index (κ2) is 9.69. The third kappa shape index (κ3) is 4.72. The van der Waals surface area contributed by atoms with E-state index in [-0.39, 0.29) is 23.8 Å². The Morgan fingerprint density at radius 2 is 1.63 bits per heavy atom. The van der Waals surface area contributed by atoms with Gasteiger partial charge in [0.05, 0.1) is 26.4 Å². The van der Waals surface area contributed by atoms with E-state index in [9.17, 15) is 9.59 Å². The Morgan fingerprint density at radius 1 is 0.933 bits per heavy atom. The molecule has 0 N–H and O–H groups in total. The minimum absolute atomic E-state index is 0.00359. The van der Waals surface area contributed by atoms with Gasteiger partial charge in [-0.05, 0) is 56.7 Å². The van der Waals surface area contributed by atoms with Crippen LogP contribution in [0.1, 0.15) is 48.9 Å². The standard InChI is InChI=1S/C23H32N2O5/c1-28-21-16-18(6-7-20(21)30-19-4-2-3-5-19)23(27)24-10-8-17(9-11-24)22(26)25-12-14-29-15-13-25/h6-7,16-17,19H,2-5,8-15H2,1H3. The zero-order valence-electron chi connectivity index (χ0n) is 17.8. The summed E-state index contributed by atoms with van der Waals surface area (Å²) in [6.45, 7) is 3.78. The number of amides is 2. The van der Waals surface area contributed by atoms with Gasteiger partial charge in [0.1, 0.15) is 0 Å². The molecular weight excluding hydrogens is 384 g/mol. The summed E-state index contributed by atoms with van der Waals surface area (Å²) in [4.78, 5) is 29.5. The lowest BCUT2D eigenvalue weighted by Gasteiger charge is -2.35. The van der Waals surface area contributed by atoms with Crippen molar-refractivity contribution in [2.45, 2.75) is 44.6 Å². The Bertz CT molecular complexity index is 748. The number of ether oxygens (including phenoxy) is 3. The SMILES string of the molecule is COc1cc(C(=O)N2CCC(C(=O)N3CCOCC3)CC2)ccc1OC1CCCC1. The van der Waals surface area contributed by atoms with Crippen LogP contribution < -0.4 is 9.47 Å². The molecule has 3 fully saturated rings. The first kappa shape index (κ1) is 21.0. The van der Waals surface area contributed by atoms with E-state index in [1.807, 2.05) is 21.9 Å². The van der Waals surface area contributed by atoms with E-state index in [2.05, 4.69) is 0 Å². The van der Waals surface area contributed by atoms with Crippen LogP contribution in [0.3, 0.4) is 0 Å². The Hall–Kier alpha value is -2.28. The molecule has 1 aliphatic carbocycles. The van der Waals surface area contributed by atoms with E-state index in [0.717, 1.165) is 12.8 Å². The first-order valence-corrected chi connectivity index (χ1v) is 11.2. The summed E-state index contributed by atoms with van der Waals surface area (Å²) >= 11 is 0. The predicted molar refractivity (Wildman–Crippen MR) is 112 cm³/mol. The maximum Gasteiger partial charge on any atom is 0.253 e. The van der Waals surface area contributed by atoms with E-state index in [1.165, 1.54) is 12.8 Å². The van der Waals surface area contributed by atoms with Crippen LogP contribution >= 0.6 is 0 Å². The van der Waals surface area contributed by atoms with Crippen molar-refractivity contribution in [2.75, 3.05) is 46.5 Å². The molecule has 4 rings (SSSR count). The van der Waals surface area contributed by atoms with Gasteiger partial charge in [-0.3, -0.25) is 9.59 Å². The number of methoxy groups -OCH3 is 1. The van der Waals surface area contributed by atoms with Crippen molar-refractivity contribution in [3.63, 3.8) is 0 Å². The third-order valence-electron chi connectivity index (χ3n) is 6.46. The molecule has 2 heterocycles. The van der Waals surface area contributed by atoms with E-state index >= 15 is 0 Å². The number of morpholine rings is 1. The Balaban J connectivity index is 1.34. The first-order valence-electron chi connectivity index (χ1n) is 11.2. The molecule has 1 saturated carbocycles. The number of likely N-dealkylation sites (tertiary alicyclic amines) is 1. The van der Waals surface area contributed by atoms with Gasteiger partial charge in [-0.15, -0.1) is 0 Å². The minimum Gasteiger partial charge on any atom is -0.493 e. The van der Waals surface area contributed by atoms with Crippen molar-refractivity contribution in [3.8, 4) is 11.5 Å². The number of nitrogens with zero attached hydrogens (tertiary/aromatic N) is 2. The molecule has 3 aliphatic rings. The third-order valence-corrected chi connectivity index (χ3v) is 6.46. The van der Waals surface area contributed by atoms with Crippen molar-refractivity contribution in [2.24, 2.45) is 5.92 Å². The highest BCUT2D eigenvalue weighted by molar-refractivity contribution is 5.95. The fourth-order valence-corrected chi connectivity index (χ4v) is 4.64. The Kier molecular flexibility index (Phi) is 6.77. The molecule has 2 saturated heterocycles. The van der Waals surface area contributed by atoms with Crippen LogP contribution in [0.4, 0.5) is 0 Å². The van der Waals surface area contributed by atoms with Crippen molar-refractivity contribution >= 4 is 11.8 Å². The second-order valence-electron chi connectivity index (χ2n) is 8.39. The highest BCUT2D eigenvalue weighted by Gasteiger charge is 2.31. The molecule has 2 aliphatic heterocycles. The van der Waals surface area contributed by atoms with Gasteiger partial charge < -0.3 is 24.0 Å². The zero-order valence-corrected chi connectivity index (χ0v) is 17.8. The minimum atomic E-state index is -0.0158. The molecule has 30 heavy (non-hydrogen) atoms. The van der Waals surface area contributed by atoms with Crippen LogP contribution in [0.25, 0.3) is 0 Å². The van der Waals surface area contributed by atoms with Gasteiger partial charge in [0.25, 0.3) is 5.91 Å². The average molecular weight is 417 g/mol. The topological polar surface area (TPSA) is 68.3 Å².